The third-order valence-corrected chi connectivity index (χ3v) is 13.8. The first-order valence-electron chi connectivity index (χ1n) is 19.9. The van der Waals surface area contributed by atoms with Gasteiger partial charge in [0.05, 0.1) is 6.04 Å². The molecule has 2 aliphatic heterocycles. The zero-order valence-electron chi connectivity index (χ0n) is 29.5. The minimum absolute atomic E-state index is 0.148. The van der Waals surface area contributed by atoms with Gasteiger partial charge in [0.15, 0.2) is 0 Å². The first kappa shape index (κ1) is 29.7. The number of fused-ring (bicyclic) bond motifs is 13. The van der Waals surface area contributed by atoms with E-state index in [9.17, 15) is 0 Å². The van der Waals surface area contributed by atoms with Gasteiger partial charge in [0.1, 0.15) is 28.9 Å². The van der Waals surface area contributed by atoms with Crippen LogP contribution in [0, 0.1) is 17.8 Å². The molecule has 2 aromatic heterocycles. The van der Waals surface area contributed by atoms with Gasteiger partial charge in [-0.05, 0) is 86.8 Å². The van der Waals surface area contributed by atoms with Crippen LogP contribution in [0.3, 0.4) is 0 Å². The summed E-state index contributed by atoms with van der Waals surface area (Å²) < 4.78 is 13.4. The summed E-state index contributed by atoms with van der Waals surface area (Å²) in [5, 5.41) is 1.21. The highest BCUT2D eigenvalue weighted by Gasteiger charge is 2.53. The minimum atomic E-state index is 0.148. The Balaban J connectivity index is 0.846. The smallest absolute Gasteiger partial charge is 0.136 e. The van der Waals surface area contributed by atoms with Crippen molar-refractivity contribution in [2.75, 3.05) is 4.90 Å². The molecule has 7 unspecified atom stereocenters. The van der Waals surface area contributed by atoms with Gasteiger partial charge in [-0.15, -0.1) is 0 Å². The lowest BCUT2D eigenvalue weighted by Gasteiger charge is -2.39. The predicted octanol–water partition coefficient (Wildman–Crippen LogP) is 11.6. The quantitative estimate of drug-likeness (QED) is 0.202. The zero-order valence-corrected chi connectivity index (χ0v) is 29.5. The van der Waals surface area contributed by atoms with Gasteiger partial charge in [-0.25, -0.2) is 0 Å². The Hall–Kier alpha value is -4.80. The Morgan fingerprint density at radius 2 is 1.50 bits per heavy atom. The normalized spacial score (nSPS) is 32.1. The SMILES string of the molecule is C1=CC2=C(CC1)N(c1ccc(C3C=CC(N4C5CCC=CC5C5C=Cc6c(oc7c6CCC=C7)[C@@H]54)CC3)cc1)C1c3oc4ccccc4c3C=CC21. The Kier molecular flexibility index (Phi) is 6.49. The second-order valence-corrected chi connectivity index (χ2v) is 16.3. The molecule has 6 aliphatic carbocycles. The standard InChI is InChI=1S/C48H44N2O2/c1-5-13-41-33(9-1)37-25-27-39-35-11-3-7-15-43(35)51-47(39)45(37)49(41)31-21-17-29(18-22-31)30-19-23-32(24-20-30)50-42-14-6-2-10-34(42)38-26-28-40-36-12-4-8-16-44(36)52-48(40)46(38)50/h1-3,7-11,15-19,21-23,25-28,30,32,34,37-38,42,45-46H,4-6,12-14,20,24H2/t30?,32?,34?,37?,38?,42?,45?,46-/m1/s1. The van der Waals surface area contributed by atoms with E-state index in [0.717, 1.165) is 42.8 Å². The van der Waals surface area contributed by atoms with Crippen molar-refractivity contribution in [3.05, 3.63) is 154 Å². The van der Waals surface area contributed by atoms with Crippen LogP contribution in [-0.2, 0) is 6.42 Å². The van der Waals surface area contributed by atoms with Crippen molar-refractivity contribution in [1.29, 1.82) is 0 Å². The van der Waals surface area contributed by atoms with Crippen LogP contribution in [0.5, 0.6) is 0 Å². The largest absolute Gasteiger partial charge is 0.459 e. The van der Waals surface area contributed by atoms with Crippen LogP contribution in [0.4, 0.5) is 5.69 Å². The van der Waals surface area contributed by atoms with Gasteiger partial charge >= 0.3 is 0 Å². The number of nitrogens with zero attached hydrogens (tertiary/aromatic N) is 2. The number of anilines is 1. The van der Waals surface area contributed by atoms with Gasteiger partial charge in [0.25, 0.3) is 0 Å². The molecule has 2 aromatic carbocycles. The van der Waals surface area contributed by atoms with Crippen LogP contribution in [0.1, 0.15) is 102 Å². The summed E-state index contributed by atoms with van der Waals surface area (Å²) in [5.74, 6) is 5.23. The molecule has 1 saturated heterocycles. The summed E-state index contributed by atoms with van der Waals surface area (Å²) >= 11 is 0. The van der Waals surface area contributed by atoms with E-state index in [1.165, 1.54) is 76.0 Å². The van der Waals surface area contributed by atoms with Crippen LogP contribution in [0.15, 0.2) is 123 Å². The van der Waals surface area contributed by atoms with Gasteiger partial charge in [0, 0.05) is 69.2 Å². The summed E-state index contributed by atoms with van der Waals surface area (Å²) in [6.45, 7) is 0. The molecule has 8 aliphatic rings. The first-order valence-corrected chi connectivity index (χ1v) is 19.9. The molecular formula is C48H44N2O2. The molecule has 258 valence electrons. The molecular weight excluding hydrogens is 637 g/mol. The summed E-state index contributed by atoms with van der Waals surface area (Å²) in [7, 11) is 0. The average Bonchev–Trinajstić information content (AvgIpc) is 3.96. The molecule has 8 atom stereocenters. The van der Waals surface area contributed by atoms with E-state index in [1.807, 2.05) is 0 Å². The molecule has 0 spiro atoms. The van der Waals surface area contributed by atoms with E-state index in [4.69, 9.17) is 8.83 Å². The van der Waals surface area contributed by atoms with Gasteiger partial charge in [0.2, 0.25) is 0 Å². The third-order valence-electron chi connectivity index (χ3n) is 13.8. The summed E-state index contributed by atoms with van der Waals surface area (Å²) in [5.41, 5.74) is 10.6. The van der Waals surface area contributed by atoms with Gasteiger partial charge < -0.3 is 13.7 Å². The maximum Gasteiger partial charge on any atom is 0.136 e. The van der Waals surface area contributed by atoms with E-state index < -0.39 is 0 Å². The number of likely N-dealkylation sites (tertiary alicyclic amines) is 1. The lowest BCUT2D eigenvalue weighted by Crippen LogP contribution is -2.43. The Bertz CT molecular complexity index is 2340. The Morgan fingerprint density at radius 1 is 0.635 bits per heavy atom. The van der Waals surface area contributed by atoms with Crippen LogP contribution >= 0.6 is 0 Å². The number of rotatable bonds is 3. The zero-order chi connectivity index (χ0) is 33.9. The topological polar surface area (TPSA) is 32.8 Å². The highest BCUT2D eigenvalue weighted by molar-refractivity contribution is 5.90. The monoisotopic (exact) mass is 680 g/mol. The van der Waals surface area contributed by atoms with E-state index >= 15 is 0 Å². The maximum absolute atomic E-state index is 6.77. The van der Waals surface area contributed by atoms with Crippen molar-refractivity contribution in [3.8, 4) is 0 Å². The predicted molar refractivity (Wildman–Crippen MR) is 210 cm³/mol. The van der Waals surface area contributed by atoms with Crippen molar-refractivity contribution < 1.29 is 8.83 Å². The van der Waals surface area contributed by atoms with Crippen molar-refractivity contribution in [2.24, 2.45) is 17.8 Å². The molecule has 1 fully saturated rings. The number of allylic oxidation sites excluding steroid dienone is 6. The maximum atomic E-state index is 6.77. The minimum Gasteiger partial charge on any atom is -0.459 e. The van der Waals surface area contributed by atoms with Crippen molar-refractivity contribution in [3.63, 3.8) is 0 Å². The molecule has 4 aromatic rings. The Morgan fingerprint density at radius 3 is 2.42 bits per heavy atom. The van der Waals surface area contributed by atoms with Crippen molar-refractivity contribution in [1.82, 2.24) is 4.90 Å². The van der Waals surface area contributed by atoms with Crippen LogP contribution < -0.4 is 4.90 Å². The van der Waals surface area contributed by atoms with Crippen molar-refractivity contribution in [2.45, 2.75) is 81.5 Å². The summed E-state index contributed by atoms with van der Waals surface area (Å²) in [4.78, 5) is 5.51. The summed E-state index contributed by atoms with van der Waals surface area (Å²) in [6.07, 6.45) is 38.1. The molecule has 4 heterocycles. The molecule has 0 N–H and O–H groups in total. The molecule has 0 bridgehead atoms. The fourth-order valence-electron chi connectivity index (χ4n) is 11.5. The van der Waals surface area contributed by atoms with E-state index in [1.54, 1.807) is 0 Å². The van der Waals surface area contributed by atoms with Crippen molar-refractivity contribution >= 4 is 34.9 Å². The molecule has 4 nitrogen and oxygen atoms in total. The fraction of sp³-hybridized carbons (Fsp3) is 0.333. The highest BCUT2D eigenvalue weighted by Crippen LogP contribution is 2.57. The molecule has 12 rings (SSSR count). The van der Waals surface area contributed by atoms with Gasteiger partial charge in [-0.3, -0.25) is 4.90 Å². The number of hydrogen-bond donors (Lipinski definition) is 0. The highest BCUT2D eigenvalue weighted by atomic mass is 16.3. The average molecular weight is 681 g/mol. The fourth-order valence-corrected chi connectivity index (χ4v) is 11.5. The van der Waals surface area contributed by atoms with Gasteiger partial charge in [-0.1, -0.05) is 97.2 Å². The number of hydrogen-bond acceptors (Lipinski definition) is 4. The van der Waals surface area contributed by atoms with E-state index in [-0.39, 0.29) is 6.04 Å². The third kappa shape index (κ3) is 4.19. The van der Waals surface area contributed by atoms with Gasteiger partial charge in [-0.2, -0.15) is 0 Å². The molecule has 52 heavy (non-hydrogen) atoms. The molecule has 0 amide bonds. The number of furan rings is 2. The molecule has 0 saturated carbocycles. The molecule has 0 radical (unpaired) electrons. The van der Waals surface area contributed by atoms with Crippen LogP contribution in [0.2, 0.25) is 0 Å². The second-order valence-electron chi connectivity index (χ2n) is 16.3. The van der Waals surface area contributed by atoms with E-state index in [2.05, 4.69) is 131 Å². The summed E-state index contributed by atoms with van der Waals surface area (Å²) in [6, 6.07) is 19.6. The lowest BCUT2D eigenvalue weighted by atomic mass is 9.79. The number of benzene rings is 2. The van der Waals surface area contributed by atoms with Crippen LogP contribution in [0.25, 0.3) is 29.2 Å². The Labute approximate surface area is 305 Å². The first-order chi connectivity index (χ1) is 25.8. The second kappa shape index (κ2) is 11.3. The number of para-hydroxylation sites is 1. The van der Waals surface area contributed by atoms with E-state index in [0.29, 0.717) is 41.8 Å². The van der Waals surface area contributed by atoms with Crippen LogP contribution in [-0.4, -0.2) is 17.0 Å². The lowest BCUT2D eigenvalue weighted by molar-refractivity contribution is 0.112. The molecule has 4 heteroatoms.